The van der Waals surface area contributed by atoms with Gasteiger partial charge in [-0.25, -0.2) is 9.97 Å². The molecule has 0 atom stereocenters. The van der Waals surface area contributed by atoms with Crippen LogP contribution in [-0.2, 0) is 0 Å². The molecule has 0 saturated heterocycles. The zero-order chi connectivity index (χ0) is 11.2. The van der Waals surface area contributed by atoms with E-state index in [-0.39, 0.29) is 5.54 Å². The number of hydrogen-bond acceptors (Lipinski definition) is 3. The molecule has 0 spiro atoms. The first-order valence-corrected chi connectivity index (χ1v) is 6.77. The monoisotopic (exact) mass is 281 g/mol. The van der Waals surface area contributed by atoms with Crippen LogP contribution in [0.15, 0.2) is 10.7 Å². The largest absolute Gasteiger partial charge is 0.365 e. The molecule has 0 aromatic carbocycles. The van der Waals surface area contributed by atoms with Crippen molar-refractivity contribution in [2.45, 2.75) is 50.5 Å². The van der Waals surface area contributed by atoms with Crippen molar-refractivity contribution in [1.29, 1.82) is 0 Å². The lowest BCUT2D eigenvalue weighted by atomic mass is 9.78. The highest BCUT2D eigenvalue weighted by atomic mass is 79.9. The van der Waals surface area contributed by atoms with Gasteiger partial charge >= 0.3 is 0 Å². The quantitative estimate of drug-likeness (QED) is 0.863. The van der Waals surface area contributed by atoms with E-state index in [2.05, 4.69) is 38.1 Å². The van der Waals surface area contributed by atoms with Gasteiger partial charge in [0.25, 0.3) is 0 Å². The molecule has 3 nitrogen and oxygen atoms in total. The van der Waals surface area contributed by atoms with Gasteiger partial charge in [-0.3, -0.25) is 0 Å². The molecule has 2 fully saturated rings. The minimum absolute atomic E-state index is 0.259. The lowest BCUT2D eigenvalue weighted by Crippen LogP contribution is -2.41. The van der Waals surface area contributed by atoms with Crippen LogP contribution in [0.5, 0.6) is 0 Å². The number of nitrogens with zero attached hydrogens (tertiary/aromatic N) is 2. The topological polar surface area (TPSA) is 37.8 Å². The van der Waals surface area contributed by atoms with E-state index in [4.69, 9.17) is 0 Å². The van der Waals surface area contributed by atoms with Crippen LogP contribution in [0.2, 0.25) is 0 Å². The highest BCUT2D eigenvalue weighted by molar-refractivity contribution is 9.10. The Morgan fingerprint density at radius 2 is 2.12 bits per heavy atom. The predicted octanol–water partition coefficient (Wildman–Crippen LogP) is 3.47. The zero-order valence-electron chi connectivity index (χ0n) is 9.46. The molecule has 3 rings (SSSR count). The lowest BCUT2D eigenvalue weighted by molar-refractivity contribution is 0.305. The minimum atomic E-state index is 0.259. The van der Waals surface area contributed by atoms with Gasteiger partial charge in [-0.05, 0) is 55.0 Å². The third-order valence-electron chi connectivity index (χ3n) is 3.54. The second-order valence-corrected chi connectivity index (χ2v) is 6.06. The van der Waals surface area contributed by atoms with E-state index in [0.717, 1.165) is 16.2 Å². The minimum Gasteiger partial charge on any atom is -0.365 e. The van der Waals surface area contributed by atoms with Crippen LogP contribution >= 0.6 is 15.9 Å². The number of nitrogens with one attached hydrogen (secondary N) is 1. The van der Waals surface area contributed by atoms with E-state index in [1.165, 1.54) is 32.1 Å². The van der Waals surface area contributed by atoms with E-state index in [9.17, 15) is 0 Å². The number of anilines is 1. The maximum atomic E-state index is 4.61. The molecule has 1 aromatic heterocycles. The standard InChI is InChI=1S/C12H16BrN3/c1-12(5-2-6-12)16-10-7-9(13)14-11(15-10)8-3-4-8/h7-8H,2-6H2,1H3,(H,14,15,16). The highest BCUT2D eigenvalue weighted by Gasteiger charge is 2.33. The molecule has 0 amide bonds. The molecule has 1 heterocycles. The van der Waals surface area contributed by atoms with Crippen molar-refractivity contribution in [2.24, 2.45) is 0 Å². The van der Waals surface area contributed by atoms with E-state index in [0.29, 0.717) is 5.92 Å². The van der Waals surface area contributed by atoms with Crippen LogP contribution in [0.25, 0.3) is 0 Å². The molecular formula is C12H16BrN3. The van der Waals surface area contributed by atoms with Gasteiger partial charge in [0.1, 0.15) is 16.2 Å². The maximum absolute atomic E-state index is 4.61. The van der Waals surface area contributed by atoms with Crippen molar-refractivity contribution in [3.8, 4) is 0 Å². The zero-order valence-corrected chi connectivity index (χ0v) is 11.0. The van der Waals surface area contributed by atoms with Gasteiger partial charge < -0.3 is 5.32 Å². The van der Waals surface area contributed by atoms with E-state index >= 15 is 0 Å². The van der Waals surface area contributed by atoms with Gasteiger partial charge in [0.05, 0.1) is 0 Å². The summed E-state index contributed by atoms with van der Waals surface area (Å²) < 4.78 is 0.898. The van der Waals surface area contributed by atoms with Crippen molar-refractivity contribution >= 4 is 21.7 Å². The molecule has 86 valence electrons. The molecule has 1 aromatic rings. The van der Waals surface area contributed by atoms with E-state index in [1.54, 1.807) is 0 Å². The fourth-order valence-electron chi connectivity index (χ4n) is 2.16. The van der Waals surface area contributed by atoms with Crippen LogP contribution in [0.4, 0.5) is 5.82 Å². The predicted molar refractivity (Wildman–Crippen MR) is 67.6 cm³/mol. The van der Waals surface area contributed by atoms with Crippen molar-refractivity contribution < 1.29 is 0 Å². The fourth-order valence-corrected chi connectivity index (χ4v) is 2.56. The average Bonchev–Trinajstić information content (AvgIpc) is 2.97. The number of rotatable bonds is 3. The first-order chi connectivity index (χ1) is 7.65. The van der Waals surface area contributed by atoms with Gasteiger partial charge in [0, 0.05) is 17.5 Å². The Morgan fingerprint density at radius 3 is 2.69 bits per heavy atom. The van der Waals surface area contributed by atoms with Crippen LogP contribution in [0.1, 0.15) is 50.8 Å². The van der Waals surface area contributed by atoms with Crippen molar-refractivity contribution in [2.75, 3.05) is 5.32 Å². The molecule has 16 heavy (non-hydrogen) atoms. The molecular weight excluding hydrogens is 266 g/mol. The molecule has 2 aliphatic rings. The summed E-state index contributed by atoms with van der Waals surface area (Å²) in [6.07, 6.45) is 6.30. The van der Waals surface area contributed by atoms with Gasteiger partial charge in [-0.2, -0.15) is 0 Å². The maximum Gasteiger partial charge on any atom is 0.135 e. The summed E-state index contributed by atoms with van der Waals surface area (Å²) in [6.45, 7) is 2.27. The summed E-state index contributed by atoms with van der Waals surface area (Å²) in [5.41, 5.74) is 0.259. The molecule has 2 saturated carbocycles. The van der Waals surface area contributed by atoms with Crippen LogP contribution in [-0.4, -0.2) is 15.5 Å². The smallest absolute Gasteiger partial charge is 0.135 e. The normalized spacial score (nSPS) is 22.6. The van der Waals surface area contributed by atoms with E-state index < -0.39 is 0 Å². The SMILES string of the molecule is CC1(Nc2cc(Br)nc(C3CC3)n2)CCC1. The molecule has 4 heteroatoms. The Morgan fingerprint density at radius 1 is 1.38 bits per heavy atom. The van der Waals surface area contributed by atoms with Crippen LogP contribution in [0.3, 0.4) is 0 Å². The number of hydrogen-bond donors (Lipinski definition) is 1. The molecule has 2 aliphatic carbocycles. The van der Waals surface area contributed by atoms with Crippen molar-refractivity contribution in [3.05, 3.63) is 16.5 Å². The molecule has 0 unspecified atom stereocenters. The summed E-state index contributed by atoms with van der Waals surface area (Å²) in [7, 11) is 0. The molecule has 0 aliphatic heterocycles. The Kier molecular flexibility index (Phi) is 2.42. The second-order valence-electron chi connectivity index (χ2n) is 5.25. The van der Waals surface area contributed by atoms with Gasteiger partial charge in [0.2, 0.25) is 0 Å². The van der Waals surface area contributed by atoms with E-state index in [1.807, 2.05) is 6.07 Å². The summed E-state index contributed by atoms with van der Waals surface area (Å²) in [6, 6.07) is 1.98. The summed E-state index contributed by atoms with van der Waals surface area (Å²) in [4.78, 5) is 9.05. The molecule has 0 radical (unpaired) electrons. The Balaban J connectivity index is 1.82. The molecule has 0 bridgehead atoms. The summed E-state index contributed by atoms with van der Waals surface area (Å²) in [5, 5.41) is 3.54. The van der Waals surface area contributed by atoms with Crippen molar-refractivity contribution in [3.63, 3.8) is 0 Å². The summed E-state index contributed by atoms with van der Waals surface area (Å²) in [5.74, 6) is 2.58. The number of aromatic nitrogens is 2. The average molecular weight is 282 g/mol. The Labute approximate surface area is 104 Å². The highest BCUT2D eigenvalue weighted by Crippen LogP contribution is 2.40. The lowest BCUT2D eigenvalue weighted by Gasteiger charge is -2.39. The first kappa shape index (κ1) is 10.5. The van der Waals surface area contributed by atoms with Gasteiger partial charge in [-0.15, -0.1) is 0 Å². The second kappa shape index (κ2) is 3.69. The number of halogens is 1. The Hall–Kier alpha value is -0.640. The Bertz CT molecular complexity index is 411. The fraction of sp³-hybridized carbons (Fsp3) is 0.667. The van der Waals surface area contributed by atoms with Crippen molar-refractivity contribution in [1.82, 2.24) is 9.97 Å². The first-order valence-electron chi connectivity index (χ1n) is 5.97. The third kappa shape index (κ3) is 2.08. The summed E-state index contributed by atoms with van der Waals surface area (Å²) >= 11 is 3.47. The third-order valence-corrected chi connectivity index (χ3v) is 3.95. The van der Waals surface area contributed by atoms with Gasteiger partial charge in [-0.1, -0.05) is 0 Å². The van der Waals surface area contributed by atoms with Gasteiger partial charge in [0.15, 0.2) is 0 Å². The van der Waals surface area contributed by atoms with Crippen LogP contribution < -0.4 is 5.32 Å². The molecule has 1 N–H and O–H groups in total. The van der Waals surface area contributed by atoms with Crippen LogP contribution in [0, 0.1) is 0 Å².